The Bertz CT molecular complexity index is 1410. The van der Waals surface area contributed by atoms with Crippen LogP contribution in [-0.2, 0) is 0 Å². The van der Waals surface area contributed by atoms with Crippen molar-refractivity contribution in [3.05, 3.63) is 63.6 Å². The number of hydrogen-bond donors (Lipinski definition) is 2. The molecule has 0 spiro atoms. The van der Waals surface area contributed by atoms with Gasteiger partial charge in [0.2, 0.25) is 10.9 Å². The third-order valence-corrected chi connectivity index (χ3v) is 6.18. The lowest BCUT2D eigenvalue weighted by Crippen LogP contribution is -2.23. The second kappa shape index (κ2) is 9.40. The number of carbonyl (C=O) groups is 1. The van der Waals surface area contributed by atoms with E-state index < -0.39 is 5.91 Å². The Morgan fingerprint density at radius 2 is 1.79 bits per heavy atom. The third kappa shape index (κ3) is 4.13. The minimum atomic E-state index is -0.502. The summed E-state index contributed by atoms with van der Waals surface area (Å²) in [6, 6.07) is 10.7. The summed E-state index contributed by atoms with van der Waals surface area (Å²) in [7, 11) is 4.41. The van der Waals surface area contributed by atoms with Gasteiger partial charge >= 0.3 is 0 Å². The Balaban J connectivity index is 1.62. The number of para-hydroxylation sites is 1. The Morgan fingerprint density at radius 1 is 1.12 bits per heavy atom. The minimum Gasteiger partial charge on any atom is -0.493 e. The van der Waals surface area contributed by atoms with Gasteiger partial charge in [0.1, 0.15) is 0 Å². The van der Waals surface area contributed by atoms with E-state index in [0.717, 1.165) is 10.2 Å². The van der Waals surface area contributed by atoms with Crippen molar-refractivity contribution in [2.75, 3.05) is 21.3 Å². The molecule has 4 rings (SSSR count). The lowest BCUT2D eigenvalue weighted by atomic mass is 10.1. The molecule has 176 valence electrons. The highest BCUT2D eigenvalue weighted by Crippen LogP contribution is 2.38. The normalized spacial score (nSPS) is 11.5. The molecular formula is C23H23N5O5S. The molecule has 0 aliphatic rings. The van der Waals surface area contributed by atoms with Crippen LogP contribution in [0.2, 0.25) is 0 Å². The molecule has 0 saturated carbocycles. The van der Waals surface area contributed by atoms with Crippen molar-refractivity contribution in [2.45, 2.75) is 13.8 Å². The lowest BCUT2D eigenvalue weighted by molar-refractivity contribution is 0.0954. The Morgan fingerprint density at radius 3 is 2.41 bits per heavy atom. The zero-order chi connectivity index (χ0) is 24.4. The van der Waals surface area contributed by atoms with E-state index in [1.165, 1.54) is 49.5 Å². The number of aromatic amines is 1. The first kappa shape index (κ1) is 23.1. The van der Waals surface area contributed by atoms with Crippen LogP contribution in [0.3, 0.4) is 0 Å². The first-order valence-corrected chi connectivity index (χ1v) is 11.0. The molecule has 0 fully saturated rings. The Kier molecular flexibility index (Phi) is 6.37. The summed E-state index contributed by atoms with van der Waals surface area (Å²) >= 11 is 1.40. The van der Waals surface area contributed by atoms with Crippen LogP contribution >= 0.6 is 11.3 Å². The van der Waals surface area contributed by atoms with Crippen molar-refractivity contribution in [1.82, 2.24) is 20.2 Å². The monoisotopic (exact) mass is 481 g/mol. The number of hydrazone groups is 1. The van der Waals surface area contributed by atoms with Crippen molar-refractivity contribution in [3.8, 4) is 22.4 Å². The van der Waals surface area contributed by atoms with Crippen LogP contribution < -0.4 is 25.2 Å². The smallest absolute Gasteiger partial charge is 0.282 e. The quantitative estimate of drug-likeness (QED) is 0.309. The van der Waals surface area contributed by atoms with E-state index >= 15 is 0 Å². The van der Waals surface area contributed by atoms with E-state index in [4.69, 9.17) is 14.2 Å². The molecule has 2 aromatic carbocycles. The van der Waals surface area contributed by atoms with Crippen LogP contribution in [0.25, 0.3) is 15.3 Å². The van der Waals surface area contributed by atoms with E-state index in [1.54, 1.807) is 13.8 Å². The zero-order valence-electron chi connectivity index (χ0n) is 19.3. The number of amides is 1. The van der Waals surface area contributed by atoms with Crippen LogP contribution in [0, 0.1) is 6.92 Å². The number of hydrogen-bond acceptors (Lipinski definition) is 8. The van der Waals surface area contributed by atoms with E-state index in [-0.39, 0.29) is 11.1 Å². The highest BCUT2D eigenvalue weighted by molar-refractivity contribution is 7.20. The first-order valence-electron chi connectivity index (χ1n) is 10.2. The number of nitrogens with one attached hydrogen (secondary N) is 2. The molecule has 4 aromatic rings. The maximum atomic E-state index is 13.1. The molecule has 34 heavy (non-hydrogen) atoms. The molecule has 0 atom stereocenters. The summed E-state index contributed by atoms with van der Waals surface area (Å²) < 4.78 is 18.2. The van der Waals surface area contributed by atoms with E-state index in [9.17, 15) is 9.59 Å². The van der Waals surface area contributed by atoms with Gasteiger partial charge < -0.3 is 14.2 Å². The molecule has 2 heterocycles. The largest absolute Gasteiger partial charge is 0.493 e. The fourth-order valence-electron chi connectivity index (χ4n) is 3.53. The second-order valence-electron chi connectivity index (χ2n) is 7.27. The van der Waals surface area contributed by atoms with Crippen molar-refractivity contribution in [2.24, 2.45) is 5.10 Å². The van der Waals surface area contributed by atoms with E-state index in [1.807, 2.05) is 24.3 Å². The topological polar surface area (TPSA) is 120 Å². The van der Waals surface area contributed by atoms with E-state index in [2.05, 4.69) is 20.6 Å². The van der Waals surface area contributed by atoms with Gasteiger partial charge in [-0.05, 0) is 38.1 Å². The van der Waals surface area contributed by atoms with Crippen molar-refractivity contribution in [1.29, 1.82) is 0 Å². The summed E-state index contributed by atoms with van der Waals surface area (Å²) in [5.74, 6) is 0.554. The maximum absolute atomic E-state index is 13.1. The molecule has 0 bridgehead atoms. The SMILES string of the molecule is COc1cc(C(=O)N/N=C(/C)c2c(C)[nH]n(-c3nc4ccccc4s3)c2=O)cc(OC)c1OC. The van der Waals surface area contributed by atoms with Gasteiger partial charge in [0.25, 0.3) is 11.5 Å². The summed E-state index contributed by atoms with van der Waals surface area (Å²) in [6.07, 6.45) is 0. The standard InChI is InChI=1S/C23H23N5O5S/c1-12(25-26-21(29)14-10-16(31-3)20(33-5)17(11-14)32-4)19-13(2)27-28(22(19)30)23-24-15-8-6-7-9-18(15)34-23/h6-11,27H,1-5H3,(H,26,29)/b25-12-. The summed E-state index contributed by atoms with van der Waals surface area (Å²) in [5.41, 5.74) is 4.55. The molecule has 0 aliphatic carbocycles. The molecule has 2 aromatic heterocycles. The minimum absolute atomic E-state index is 0.253. The Hall–Kier alpha value is -4.12. The predicted octanol–water partition coefficient (Wildman–Crippen LogP) is 3.26. The number of ether oxygens (including phenoxy) is 3. The lowest BCUT2D eigenvalue weighted by Gasteiger charge is -2.13. The van der Waals surface area contributed by atoms with Gasteiger partial charge in [-0.1, -0.05) is 23.5 Å². The number of fused-ring (bicyclic) bond motifs is 1. The van der Waals surface area contributed by atoms with Gasteiger partial charge in [-0.25, -0.2) is 10.4 Å². The van der Waals surface area contributed by atoms with Crippen molar-refractivity contribution < 1.29 is 19.0 Å². The highest BCUT2D eigenvalue weighted by atomic mass is 32.1. The molecule has 11 heteroatoms. The number of benzene rings is 2. The molecule has 0 aliphatic heterocycles. The fraction of sp³-hybridized carbons (Fsp3) is 0.217. The molecule has 0 unspecified atom stereocenters. The molecule has 2 N–H and O–H groups in total. The first-order chi connectivity index (χ1) is 16.4. The van der Waals surface area contributed by atoms with Gasteiger partial charge in [-0.3, -0.25) is 14.7 Å². The van der Waals surface area contributed by atoms with Gasteiger partial charge in [0, 0.05) is 11.3 Å². The van der Waals surface area contributed by atoms with Crippen LogP contribution in [0.4, 0.5) is 0 Å². The molecule has 0 radical (unpaired) electrons. The third-order valence-electron chi connectivity index (χ3n) is 5.16. The number of aromatic nitrogens is 3. The van der Waals surface area contributed by atoms with Crippen LogP contribution in [0.5, 0.6) is 17.2 Å². The number of carbonyl (C=O) groups excluding carboxylic acids is 1. The van der Waals surface area contributed by atoms with Crippen molar-refractivity contribution >= 4 is 33.2 Å². The molecule has 10 nitrogen and oxygen atoms in total. The molecular weight excluding hydrogens is 458 g/mol. The van der Waals surface area contributed by atoms with Crippen LogP contribution in [0.1, 0.15) is 28.5 Å². The molecule has 1 amide bonds. The summed E-state index contributed by atoms with van der Waals surface area (Å²) in [5, 5.41) is 7.72. The van der Waals surface area contributed by atoms with Crippen molar-refractivity contribution in [3.63, 3.8) is 0 Å². The summed E-state index contributed by atoms with van der Waals surface area (Å²) in [6.45, 7) is 3.41. The zero-order valence-corrected chi connectivity index (χ0v) is 20.1. The second-order valence-corrected chi connectivity index (χ2v) is 8.28. The fourth-order valence-corrected chi connectivity index (χ4v) is 4.46. The summed E-state index contributed by atoms with van der Waals surface area (Å²) in [4.78, 5) is 30.4. The highest BCUT2D eigenvalue weighted by Gasteiger charge is 2.19. The number of aryl methyl sites for hydroxylation is 1. The number of H-pyrrole nitrogens is 1. The number of rotatable bonds is 7. The van der Waals surface area contributed by atoms with E-state index in [0.29, 0.717) is 39.3 Å². The average molecular weight is 482 g/mol. The molecule has 0 saturated heterocycles. The number of thiazole rings is 1. The van der Waals surface area contributed by atoms with Crippen LogP contribution in [0.15, 0.2) is 46.3 Å². The number of nitrogens with zero attached hydrogens (tertiary/aromatic N) is 3. The Labute approximate surface area is 198 Å². The van der Waals surface area contributed by atoms with Crippen LogP contribution in [-0.4, -0.2) is 47.7 Å². The van der Waals surface area contributed by atoms with Gasteiger partial charge in [0.15, 0.2) is 11.5 Å². The number of methoxy groups -OCH3 is 3. The van der Waals surface area contributed by atoms with Gasteiger partial charge in [-0.15, -0.1) is 0 Å². The maximum Gasteiger partial charge on any atom is 0.282 e. The predicted molar refractivity (Wildman–Crippen MR) is 130 cm³/mol. The van der Waals surface area contributed by atoms with Gasteiger partial charge in [-0.2, -0.15) is 9.78 Å². The average Bonchev–Trinajstić information content (AvgIpc) is 3.41. The van der Waals surface area contributed by atoms with Gasteiger partial charge in [0.05, 0.1) is 42.8 Å².